The van der Waals surface area contributed by atoms with Crippen LogP contribution in [0, 0.1) is 0 Å². The van der Waals surface area contributed by atoms with E-state index in [9.17, 15) is 4.79 Å². The van der Waals surface area contributed by atoms with E-state index in [1.807, 2.05) is 24.3 Å². The van der Waals surface area contributed by atoms with Crippen LogP contribution in [0.3, 0.4) is 0 Å². The molecule has 7 heteroatoms. The minimum absolute atomic E-state index is 0.0887. The van der Waals surface area contributed by atoms with Crippen molar-refractivity contribution in [3.05, 3.63) is 41.0 Å². The lowest BCUT2D eigenvalue weighted by atomic mass is 10.2. The number of carbonyl (C=O) groups is 1. The molecular formula is C16H15BrN2O3S. The summed E-state index contributed by atoms with van der Waals surface area (Å²) in [6.45, 7) is 1.27. The van der Waals surface area contributed by atoms with Gasteiger partial charge in [-0.05, 0) is 40.2 Å². The van der Waals surface area contributed by atoms with Gasteiger partial charge in [-0.15, -0.1) is 0 Å². The molecule has 0 aliphatic carbocycles. The summed E-state index contributed by atoms with van der Waals surface area (Å²) in [5.74, 6) is 1.59. The van der Waals surface area contributed by atoms with Gasteiger partial charge in [0.15, 0.2) is 11.5 Å². The van der Waals surface area contributed by atoms with Crippen LogP contribution in [0.25, 0.3) is 0 Å². The topological polar surface area (TPSA) is 60.5 Å². The van der Waals surface area contributed by atoms with Crippen LogP contribution in [0.15, 0.2) is 46.0 Å². The van der Waals surface area contributed by atoms with Gasteiger partial charge in [0.25, 0.3) is 0 Å². The quantitative estimate of drug-likeness (QED) is 0.800. The third kappa shape index (κ3) is 4.62. The summed E-state index contributed by atoms with van der Waals surface area (Å²) < 4.78 is 12.1. The molecule has 5 nitrogen and oxygen atoms in total. The molecule has 1 amide bonds. The SMILES string of the molecule is O=C(CSc1ccc(Br)cn1)Nc1ccc2c(c1)OCCCO2. The number of nitrogens with one attached hydrogen (secondary N) is 1. The third-order valence-corrected chi connectivity index (χ3v) is 4.50. The fraction of sp³-hybridized carbons (Fsp3) is 0.250. The van der Waals surface area contributed by atoms with Crippen LogP contribution in [0.1, 0.15) is 6.42 Å². The summed E-state index contributed by atoms with van der Waals surface area (Å²) in [6, 6.07) is 9.20. The molecule has 0 saturated heterocycles. The first-order valence-corrected chi connectivity index (χ1v) is 8.92. The van der Waals surface area contributed by atoms with Crippen molar-refractivity contribution in [3.8, 4) is 11.5 Å². The Labute approximate surface area is 146 Å². The molecule has 0 atom stereocenters. The number of hydrogen-bond acceptors (Lipinski definition) is 5. The standard InChI is InChI=1S/C16H15BrN2O3S/c17-11-2-5-16(18-9-11)23-10-15(20)19-12-3-4-13-14(8-12)22-7-1-6-21-13/h2-5,8-9H,1,6-7,10H2,(H,19,20). The predicted octanol–water partition coefficient (Wildman–Crippen LogP) is 3.74. The molecule has 2 heterocycles. The minimum Gasteiger partial charge on any atom is -0.490 e. The van der Waals surface area contributed by atoms with Gasteiger partial charge in [-0.3, -0.25) is 4.79 Å². The number of hydrogen-bond donors (Lipinski definition) is 1. The minimum atomic E-state index is -0.0887. The molecule has 0 radical (unpaired) electrons. The second-order valence-electron chi connectivity index (χ2n) is 4.86. The second kappa shape index (κ2) is 7.70. The van der Waals surface area contributed by atoms with Crippen LogP contribution < -0.4 is 14.8 Å². The summed E-state index contributed by atoms with van der Waals surface area (Å²) in [5.41, 5.74) is 0.698. The van der Waals surface area contributed by atoms with Gasteiger partial charge in [0.05, 0.1) is 24.0 Å². The van der Waals surface area contributed by atoms with Crippen LogP contribution in [0.5, 0.6) is 11.5 Å². The number of anilines is 1. The highest BCUT2D eigenvalue weighted by Crippen LogP contribution is 2.32. The number of rotatable bonds is 4. The number of aromatic nitrogens is 1. The zero-order chi connectivity index (χ0) is 16.1. The molecule has 1 N–H and O–H groups in total. The molecule has 3 rings (SSSR count). The van der Waals surface area contributed by atoms with Gasteiger partial charge in [0.2, 0.25) is 5.91 Å². The Hall–Kier alpha value is -1.73. The van der Waals surface area contributed by atoms with Gasteiger partial charge in [-0.25, -0.2) is 4.98 Å². The van der Waals surface area contributed by atoms with E-state index in [4.69, 9.17) is 9.47 Å². The van der Waals surface area contributed by atoms with Crippen LogP contribution in [-0.4, -0.2) is 29.9 Å². The summed E-state index contributed by atoms with van der Waals surface area (Å²) in [6.07, 6.45) is 2.57. The second-order valence-corrected chi connectivity index (χ2v) is 6.77. The Morgan fingerprint density at radius 2 is 2.04 bits per heavy atom. The molecule has 0 unspecified atom stereocenters. The highest BCUT2D eigenvalue weighted by molar-refractivity contribution is 9.10. The van der Waals surface area contributed by atoms with Gasteiger partial charge in [0, 0.05) is 28.8 Å². The van der Waals surface area contributed by atoms with Gasteiger partial charge in [-0.1, -0.05) is 11.8 Å². The van der Waals surface area contributed by atoms with E-state index in [0.29, 0.717) is 36.2 Å². The molecule has 0 fully saturated rings. The van der Waals surface area contributed by atoms with Crippen molar-refractivity contribution < 1.29 is 14.3 Å². The fourth-order valence-corrected chi connectivity index (χ4v) is 2.90. The Balaban J connectivity index is 1.57. The lowest BCUT2D eigenvalue weighted by molar-refractivity contribution is -0.113. The lowest BCUT2D eigenvalue weighted by Gasteiger charge is -2.10. The van der Waals surface area contributed by atoms with E-state index in [1.54, 1.807) is 12.3 Å². The Kier molecular flexibility index (Phi) is 5.40. The highest BCUT2D eigenvalue weighted by Gasteiger charge is 2.12. The van der Waals surface area contributed by atoms with E-state index in [0.717, 1.165) is 15.9 Å². The maximum atomic E-state index is 12.0. The molecule has 1 aliphatic heterocycles. The van der Waals surface area contributed by atoms with E-state index in [2.05, 4.69) is 26.2 Å². The van der Waals surface area contributed by atoms with Crippen LogP contribution >= 0.6 is 27.7 Å². The summed E-state index contributed by atoms with van der Waals surface area (Å²) >= 11 is 4.72. The van der Waals surface area contributed by atoms with Gasteiger partial charge in [-0.2, -0.15) is 0 Å². The fourth-order valence-electron chi connectivity index (χ4n) is 2.03. The van der Waals surface area contributed by atoms with E-state index < -0.39 is 0 Å². The van der Waals surface area contributed by atoms with E-state index in [1.165, 1.54) is 11.8 Å². The molecule has 0 spiro atoms. The summed E-state index contributed by atoms with van der Waals surface area (Å²) in [7, 11) is 0. The van der Waals surface area contributed by atoms with Crippen molar-refractivity contribution >= 4 is 39.3 Å². The van der Waals surface area contributed by atoms with Gasteiger partial charge in [0.1, 0.15) is 0 Å². The molecule has 1 aliphatic rings. The number of thioether (sulfide) groups is 1. The van der Waals surface area contributed by atoms with Crippen LogP contribution in [0.4, 0.5) is 5.69 Å². The van der Waals surface area contributed by atoms with Gasteiger partial charge >= 0.3 is 0 Å². The normalized spacial score (nSPS) is 13.3. The number of amides is 1. The zero-order valence-corrected chi connectivity index (χ0v) is 14.7. The van der Waals surface area contributed by atoms with Crippen LogP contribution in [-0.2, 0) is 4.79 Å². The Morgan fingerprint density at radius 3 is 2.83 bits per heavy atom. The maximum Gasteiger partial charge on any atom is 0.234 e. The van der Waals surface area contributed by atoms with E-state index >= 15 is 0 Å². The zero-order valence-electron chi connectivity index (χ0n) is 12.3. The number of carbonyl (C=O) groups excluding carboxylic acids is 1. The molecular weight excluding hydrogens is 380 g/mol. The lowest BCUT2D eigenvalue weighted by Crippen LogP contribution is -2.14. The third-order valence-electron chi connectivity index (χ3n) is 3.08. The molecule has 2 aromatic rings. The highest BCUT2D eigenvalue weighted by atomic mass is 79.9. The molecule has 1 aromatic carbocycles. The number of ether oxygens (including phenoxy) is 2. The summed E-state index contributed by atoms with van der Waals surface area (Å²) in [5, 5.41) is 3.67. The molecule has 0 bridgehead atoms. The van der Waals surface area contributed by atoms with Crippen LogP contribution in [0.2, 0.25) is 0 Å². The number of nitrogens with zero attached hydrogens (tertiary/aromatic N) is 1. The van der Waals surface area contributed by atoms with E-state index in [-0.39, 0.29) is 5.91 Å². The number of fused-ring (bicyclic) bond motifs is 1. The Morgan fingerprint density at radius 1 is 1.22 bits per heavy atom. The number of halogens is 1. The average molecular weight is 395 g/mol. The summed E-state index contributed by atoms with van der Waals surface area (Å²) in [4.78, 5) is 16.3. The number of benzene rings is 1. The first-order valence-electron chi connectivity index (χ1n) is 7.14. The monoisotopic (exact) mass is 394 g/mol. The first kappa shape index (κ1) is 16.1. The van der Waals surface area contributed by atoms with Crippen molar-refractivity contribution in [1.82, 2.24) is 4.98 Å². The van der Waals surface area contributed by atoms with Crippen molar-refractivity contribution in [2.45, 2.75) is 11.4 Å². The largest absolute Gasteiger partial charge is 0.490 e. The maximum absolute atomic E-state index is 12.0. The first-order chi connectivity index (χ1) is 11.2. The van der Waals surface area contributed by atoms with Gasteiger partial charge < -0.3 is 14.8 Å². The molecule has 120 valence electrons. The smallest absolute Gasteiger partial charge is 0.234 e. The van der Waals surface area contributed by atoms with Crippen molar-refractivity contribution in [3.63, 3.8) is 0 Å². The van der Waals surface area contributed by atoms with Crippen molar-refractivity contribution in [1.29, 1.82) is 0 Å². The predicted molar refractivity (Wildman–Crippen MR) is 93.3 cm³/mol. The number of pyridine rings is 1. The molecule has 1 aromatic heterocycles. The molecule has 23 heavy (non-hydrogen) atoms. The molecule has 0 saturated carbocycles. The van der Waals surface area contributed by atoms with Crippen molar-refractivity contribution in [2.75, 3.05) is 24.3 Å². The van der Waals surface area contributed by atoms with Crippen molar-refractivity contribution in [2.24, 2.45) is 0 Å². The Bertz CT molecular complexity index is 694. The average Bonchev–Trinajstić information content (AvgIpc) is 2.79.